The molecule has 0 bridgehead atoms. The predicted octanol–water partition coefficient (Wildman–Crippen LogP) is 2.94. The van der Waals surface area contributed by atoms with Crippen LogP contribution in [0.5, 0.6) is 0 Å². The van der Waals surface area contributed by atoms with Gasteiger partial charge in [-0.1, -0.05) is 13.8 Å². The Labute approximate surface area is 145 Å². The highest BCUT2D eigenvalue weighted by Gasteiger charge is 2.33. The van der Waals surface area contributed by atoms with E-state index in [1.165, 1.54) is 5.69 Å². The van der Waals surface area contributed by atoms with Crippen LogP contribution < -0.4 is 5.32 Å². The van der Waals surface area contributed by atoms with Gasteiger partial charge >= 0.3 is 6.09 Å². The molecule has 0 saturated carbocycles. The minimum Gasteiger partial charge on any atom is -0.444 e. The maximum Gasteiger partial charge on any atom is 0.410 e. The normalized spacial score (nSPS) is 21.4. The average molecular weight is 336 g/mol. The quantitative estimate of drug-likeness (QED) is 0.922. The van der Waals surface area contributed by atoms with E-state index in [0.29, 0.717) is 6.04 Å². The molecule has 1 fully saturated rings. The molecule has 1 amide bonds. The first-order valence-corrected chi connectivity index (χ1v) is 8.74. The van der Waals surface area contributed by atoms with E-state index in [2.05, 4.69) is 24.3 Å². The van der Waals surface area contributed by atoms with Crippen LogP contribution in [0, 0.1) is 5.41 Å². The summed E-state index contributed by atoms with van der Waals surface area (Å²) in [5.41, 5.74) is 0.767. The lowest BCUT2D eigenvalue weighted by molar-refractivity contribution is 0.0200. The molecule has 1 aliphatic heterocycles. The summed E-state index contributed by atoms with van der Waals surface area (Å²) in [6.07, 6.45) is 3.58. The molecular formula is C18H32N4O2. The first-order chi connectivity index (χ1) is 11.1. The van der Waals surface area contributed by atoms with Crippen LogP contribution >= 0.6 is 0 Å². The number of nitrogens with one attached hydrogen (secondary N) is 1. The van der Waals surface area contributed by atoms with Crippen LogP contribution in [0.4, 0.5) is 4.79 Å². The van der Waals surface area contributed by atoms with Crippen LogP contribution in [0.3, 0.4) is 0 Å². The maximum absolute atomic E-state index is 12.4. The molecule has 2 heterocycles. The van der Waals surface area contributed by atoms with Crippen LogP contribution in [0.25, 0.3) is 0 Å². The molecule has 0 aliphatic carbocycles. The zero-order valence-electron chi connectivity index (χ0n) is 15.9. The summed E-state index contributed by atoms with van der Waals surface area (Å²) in [5.74, 6) is 0. The first-order valence-electron chi connectivity index (χ1n) is 8.74. The molecule has 0 radical (unpaired) electrons. The summed E-state index contributed by atoms with van der Waals surface area (Å²) < 4.78 is 7.44. The lowest BCUT2D eigenvalue weighted by Gasteiger charge is -2.31. The van der Waals surface area contributed by atoms with E-state index in [9.17, 15) is 4.79 Å². The molecule has 1 saturated heterocycles. The van der Waals surface area contributed by atoms with Gasteiger partial charge in [0, 0.05) is 38.9 Å². The fraction of sp³-hybridized carbons (Fsp3) is 0.778. The number of amides is 1. The van der Waals surface area contributed by atoms with Crippen molar-refractivity contribution in [3.05, 3.63) is 18.0 Å². The van der Waals surface area contributed by atoms with Gasteiger partial charge in [-0.2, -0.15) is 5.10 Å². The molecule has 0 aromatic carbocycles. The smallest absolute Gasteiger partial charge is 0.410 e. The van der Waals surface area contributed by atoms with Crippen molar-refractivity contribution in [2.45, 2.75) is 65.6 Å². The Bertz CT molecular complexity index is 560. The Hall–Kier alpha value is -1.56. The lowest BCUT2D eigenvalue weighted by atomic mass is 9.86. The van der Waals surface area contributed by atoms with Crippen LogP contribution in [-0.2, 0) is 18.3 Å². The molecule has 1 atom stereocenters. The molecule has 6 nitrogen and oxygen atoms in total. The molecule has 2 rings (SSSR count). The molecule has 136 valence electrons. The summed E-state index contributed by atoms with van der Waals surface area (Å²) in [4.78, 5) is 14.3. The minimum atomic E-state index is -0.454. The fourth-order valence-corrected chi connectivity index (χ4v) is 3.22. The van der Waals surface area contributed by atoms with E-state index < -0.39 is 5.60 Å². The second-order valence-electron chi connectivity index (χ2n) is 8.58. The second kappa shape index (κ2) is 7.13. The Kier molecular flexibility index (Phi) is 5.58. The number of aryl methyl sites for hydroxylation is 1. The van der Waals surface area contributed by atoms with Crippen LogP contribution in [0.1, 0.15) is 53.2 Å². The standard InChI is InChI=1S/C18H32N4O2/c1-17(2,3)24-16(23)22-10-8-14(11-18(4,5)13-22)19-12-15-7-9-20-21(15)6/h7,9,14,19H,8,10-13H2,1-6H3. The molecular weight excluding hydrogens is 304 g/mol. The van der Waals surface area contributed by atoms with Crippen molar-refractivity contribution in [2.24, 2.45) is 12.5 Å². The highest BCUT2D eigenvalue weighted by atomic mass is 16.6. The second-order valence-corrected chi connectivity index (χ2v) is 8.58. The third-order valence-corrected chi connectivity index (χ3v) is 4.31. The minimum absolute atomic E-state index is 0.0531. The van der Waals surface area contributed by atoms with Gasteiger partial charge in [-0.15, -0.1) is 0 Å². The fourth-order valence-electron chi connectivity index (χ4n) is 3.22. The van der Waals surface area contributed by atoms with E-state index in [1.807, 2.05) is 49.7 Å². The molecule has 6 heteroatoms. The van der Waals surface area contributed by atoms with Gasteiger partial charge in [0.25, 0.3) is 0 Å². The number of carbonyl (C=O) groups is 1. The number of nitrogens with zero attached hydrogens (tertiary/aromatic N) is 3. The molecule has 1 N–H and O–H groups in total. The predicted molar refractivity (Wildman–Crippen MR) is 94.7 cm³/mol. The van der Waals surface area contributed by atoms with Gasteiger partial charge in [-0.25, -0.2) is 4.79 Å². The van der Waals surface area contributed by atoms with E-state index in [1.54, 1.807) is 0 Å². The Morgan fingerprint density at radius 1 is 1.46 bits per heavy atom. The molecule has 1 aliphatic rings. The number of hydrogen-bond donors (Lipinski definition) is 1. The Morgan fingerprint density at radius 2 is 2.17 bits per heavy atom. The van der Waals surface area contributed by atoms with Crippen molar-refractivity contribution in [1.82, 2.24) is 20.0 Å². The van der Waals surface area contributed by atoms with Crippen molar-refractivity contribution in [2.75, 3.05) is 13.1 Å². The van der Waals surface area contributed by atoms with E-state index in [4.69, 9.17) is 4.74 Å². The van der Waals surface area contributed by atoms with Gasteiger partial charge in [0.05, 0.1) is 5.69 Å². The van der Waals surface area contributed by atoms with Gasteiger partial charge in [-0.3, -0.25) is 4.68 Å². The number of hydrogen-bond acceptors (Lipinski definition) is 4. The molecule has 24 heavy (non-hydrogen) atoms. The summed E-state index contributed by atoms with van der Waals surface area (Å²) in [7, 11) is 1.96. The van der Waals surface area contributed by atoms with Crippen molar-refractivity contribution < 1.29 is 9.53 Å². The number of rotatable bonds is 3. The third kappa shape index (κ3) is 5.51. The zero-order valence-corrected chi connectivity index (χ0v) is 15.9. The highest BCUT2D eigenvalue weighted by molar-refractivity contribution is 5.68. The lowest BCUT2D eigenvalue weighted by Crippen LogP contribution is -2.41. The van der Waals surface area contributed by atoms with E-state index in [0.717, 1.165) is 32.5 Å². The number of likely N-dealkylation sites (tertiary alicyclic amines) is 1. The largest absolute Gasteiger partial charge is 0.444 e. The van der Waals surface area contributed by atoms with E-state index >= 15 is 0 Å². The van der Waals surface area contributed by atoms with Crippen molar-refractivity contribution in [3.8, 4) is 0 Å². The summed E-state index contributed by atoms with van der Waals surface area (Å²) in [6.45, 7) is 12.4. The number of carbonyl (C=O) groups excluding carboxylic acids is 1. The first kappa shape index (κ1) is 18.8. The van der Waals surface area contributed by atoms with Gasteiger partial charge in [0.15, 0.2) is 0 Å². The average Bonchev–Trinajstić information content (AvgIpc) is 2.75. The van der Waals surface area contributed by atoms with Gasteiger partial charge in [-0.05, 0) is 45.1 Å². The van der Waals surface area contributed by atoms with Crippen LogP contribution in [-0.4, -0.2) is 45.5 Å². The topological polar surface area (TPSA) is 59.4 Å². The SMILES string of the molecule is Cn1nccc1CNC1CCN(C(=O)OC(C)(C)C)CC(C)(C)C1. The summed E-state index contributed by atoms with van der Waals surface area (Å²) in [5, 5.41) is 7.83. The summed E-state index contributed by atoms with van der Waals surface area (Å²) >= 11 is 0. The van der Waals surface area contributed by atoms with Gasteiger partial charge in [0.2, 0.25) is 0 Å². The van der Waals surface area contributed by atoms with Crippen LogP contribution in [0.2, 0.25) is 0 Å². The summed E-state index contributed by atoms with van der Waals surface area (Å²) in [6, 6.07) is 2.41. The van der Waals surface area contributed by atoms with Gasteiger partial charge in [0.1, 0.15) is 5.60 Å². The molecule has 1 aromatic rings. The zero-order chi connectivity index (χ0) is 18.0. The van der Waals surface area contributed by atoms with E-state index in [-0.39, 0.29) is 11.5 Å². The van der Waals surface area contributed by atoms with Gasteiger partial charge < -0.3 is 15.0 Å². The number of ether oxygens (including phenoxy) is 1. The Morgan fingerprint density at radius 3 is 2.75 bits per heavy atom. The third-order valence-electron chi connectivity index (χ3n) is 4.31. The monoisotopic (exact) mass is 336 g/mol. The maximum atomic E-state index is 12.4. The van der Waals surface area contributed by atoms with Crippen molar-refractivity contribution in [1.29, 1.82) is 0 Å². The van der Waals surface area contributed by atoms with Crippen molar-refractivity contribution >= 4 is 6.09 Å². The Balaban J connectivity index is 1.96. The highest BCUT2D eigenvalue weighted by Crippen LogP contribution is 2.29. The number of aromatic nitrogens is 2. The van der Waals surface area contributed by atoms with Crippen molar-refractivity contribution in [3.63, 3.8) is 0 Å². The molecule has 1 aromatic heterocycles. The molecule has 0 spiro atoms. The van der Waals surface area contributed by atoms with Crippen LogP contribution in [0.15, 0.2) is 12.3 Å². The molecule has 1 unspecified atom stereocenters.